The maximum absolute atomic E-state index is 13.5. The second-order valence-corrected chi connectivity index (χ2v) is 9.10. The Morgan fingerprint density at radius 3 is 2.69 bits per heavy atom. The summed E-state index contributed by atoms with van der Waals surface area (Å²) in [7, 11) is 0. The first kappa shape index (κ1) is 24.6. The van der Waals surface area contributed by atoms with Crippen molar-refractivity contribution in [3.63, 3.8) is 0 Å². The Kier molecular flexibility index (Phi) is 7.88. The molecule has 0 saturated heterocycles. The van der Waals surface area contributed by atoms with Crippen molar-refractivity contribution in [2.24, 2.45) is 0 Å². The highest BCUT2D eigenvalue weighted by molar-refractivity contribution is 6.01. The molecule has 3 aromatic rings. The number of amides is 1. The van der Waals surface area contributed by atoms with E-state index in [0.717, 1.165) is 47.2 Å². The predicted octanol–water partition coefficient (Wildman–Crippen LogP) is 6.38. The van der Waals surface area contributed by atoms with Crippen LogP contribution in [0.5, 0.6) is 5.75 Å². The molecule has 0 fully saturated rings. The molecular weight excluding hydrogens is 436 g/mol. The summed E-state index contributed by atoms with van der Waals surface area (Å²) in [4.78, 5) is 15.5. The molecule has 2 atom stereocenters. The molecule has 0 spiro atoms. The van der Waals surface area contributed by atoms with E-state index in [9.17, 15) is 9.90 Å². The average molecular weight is 471 g/mol. The number of benzene rings is 3. The number of aliphatic hydroxyl groups is 1. The second-order valence-electron chi connectivity index (χ2n) is 9.10. The lowest BCUT2D eigenvalue weighted by molar-refractivity contribution is -0.0200. The first-order chi connectivity index (χ1) is 17.0. The number of nitrogens with zero attached hydrogens (tertiary/aromatic N) is 1. The number of nitrogens with one attached hydrogen (secondary N) is 1. The summed E-state index contributed by atoms with van der Waals surface area (Å²) >= 11 is 0. The molecule has 3 aromatic carbocycles. The van der Waals surface area contributed by atoms with Crippen LogP contribution in [0, 0.1) is 6.92 Å². The zero-order valence-electron chi connectivity index (χ0n) is 20.5. The lowest BCUT2D eigenvalue weighted by Gasteiger charge is -2.38. The Bertz CT molecular complexity index is 1180. The number of rotatable bonds is 10. The largest absolute Gasteiger partial charge is 0.461 e. The van der Waals surface area contributed by atoms with Crippen molar-refractivity contribution in [1.29, 1.82) is 0 Å². The minimum atomic E-state index is -1.06. The summed E-state index contributed by atoms with van der Waals surface area (Å²) in [6.45, 7) is 8.53. The molecule has 2 N–H and O–H groups in total. The second kappa shape index (κ2) is 11.2. The molecule has 0 radical (unpaired) electrons. The van der Waals surface area contributed by atoms with E-state index in [0.29, 0.717) is 24.3 Å². The Morgan fingerprint density at radius 2 is 1.94 bits per heavy atom. The van der Waals surface area contributed by atoms with Gasteiger partial charge < -0.3 is 20.1 Å². The van der Waals surface area contributed by atoms with E-state index in [1.54, 1.807) is 0 Å². The van der Waals surface area contributed by atoms with Crippen molar-refractivity contribution in [3.8, 4) is 5.75 Å². The zero-order valence-corrected chi connectivity index (χ0v) is 20.5. The van der Waals surface area contributed by atoms with Crippen LogP contribution in [-0.4, -0.2) is 22.1 Å². The van der Waals surface area contributed by atoms with E-state index >= 15 is 0 Å². The van der Waals surface area contributed by atoms with Gasteiger partial charge in [-0.3, -0.25) is 4.79 Å². The maximum atomic E-state index is 13.5. The van der Waals surface area contributed by atoms with Gasteiger partial charge in [0.05, 0.1) is 5.56 Å². The van der Waals surface area contributed by atoms with Gasteiger partial charge in [-0.25, -0.2) is 0 Å². The van der Waals surface area contributed by atoms with Gasteiger partial charge in [0.2, 0.25) is 6.29 Å². The number of hydrogen-bond donors (Lipinski definition) is 2. The topological polar surface area (TPSA) is 61.8 Å². The van der Waals surface area contributed by atoms with Crippen molar-refractivity contribution in [2.45, 2.75) is 58.5 Å². The van der Waals surface area contributed by atoms with Gasteiger partial charge in [-0.15, -0.1) is 6.58 Å². The number of aliphatic hydroxyl groups excluding tert-OH is 1. The fourth-order valence-corrected chi connectivity index (χ4v) is 4.49. The summed E-state index contributed by atoms with van der Waals surface area (Å²) < 4.78 is 5.90. The molecule has 4 rings (SSSR count). The van der Waals surface area contributed by atoms with Crippen LogP contribution < -0.4 is 10.1 Å². The van der Waals surface area contributed by atoms with Crippen LogP contribution in [-0.2, 0) is 13.0 Å². The van der Waals surface area contributed by atoms with E-state index in [1.807, 2.05) is 84.6 Å². The Hall–Kier alpha value is -3.57. The summed E-state index contributed by atoms with van der Waals surface area (Å²) in [6, 6.07) is 21.2. The van der Waals surface area contributed by atoms with Crippen LogP contribution >= 0.6 is 0 Å². The molecule has 5 heteroatoms. The molecule has 1 amide bonds. The molecule has 1 heterocycles. The molecule has 0 bridgehead atoms. The van der Waals surface area contributed by atoms with Crippen molar-refractivity contribution < 1.29 is 14.6 Å². The molecule has 35 heavy (non-hydrogen) atoms. The molecule has 2 unspecified atom stereocenters. The van der Waals surface area contributed by atoms with Crippen LogP contribution in [0.2, 0.25) is 0 Å². The number of ether oxygens (including phenoxy) is 1. The Morgan fingerprint density at radius 1 is 1.14 bits per heavy atom. The van der Waals surface area contributed by atoms with Crippen LogP contribution in [0.15, 0.2) is 79.4 Å². The number of unbranched alkanes of at least 4 members (excludes halogenated alkanes) is 1. The van der Waals surface area contributed by atoms with Crippen LogP contribution in [0.4, 0.5) is 5.69 Å². The number of anilines is 1. The third-order valence-electron chi connectivity index (χ3n) is 6.36. The van der Waals surface area contributed by atoms with E-state index in [4.69, 9.17) is 4.74 Å². The normalized spacial score (nSPS) is 15.8. The molecule has 5 nitrogen and oxygen atoms in total. The fraction of sp³-hybridized carbons (Fsp3) is 0.300. The maximum Gasteiger partial charge on any atom is 0.257 e. The monoisotopic (exact) mass is 470 g/mol. The number of hydrogen-bond acceptors (Lipinski definition) is 4. The van der Waals surface area contributed by atoms with E-state index in [2.05, 4.69) is 18.8 Å². The lowest BCUT2D eigenvalue weighted by atomic mass is 10.0. The molecule has 1 aliphatic rings. The van der Waals surface area contributed by atoms with Crippen molar-refractivity contribution in [1.82, 2.24) is 4.90 Å². The number of aryl methyl sites for hydroxylation is 1. The molecule has 0 aliphatic carbocycles. The quantitative estimate of drug-likeness (QED) is 0.267. The smallest absolute Gasteiger partial charge is 0.257 e. The van der Waals surface area contributed by atoms with Crippen molar-refractivity contribution in [3.05, 3.63) is 107 Å². The minimum Gasteiger partial charge on any atom is -0.461 e. The standard InChI is InChI=1S/C30H34N2O3/c1-4-6-13-28-31-26-16-14-21(3)18-25(26)29(33)32(28)20-22-15-17-27(24(19-22)10-5-2)35-30(34)23-11-8-7-9-12-23/h5,7-9,11-12,14-19,28,30-31,34H,2,4,6,10,13,20H2,1,3H3. The van der Waals surface area contributed by atoms with Gasteiger partial charge in [-0.2, -0.15) is 0 Å². The van der Waals surface area contributed by atoms with Crippen molar-refractivity contribution >= 4 is 11.6 Å². The van der Waals surface area contributed by atoms with Crippen LogP contribution in [0.25, 0.3) is 0 Å². The third-order valence-corrected chi connectivity index (χ3v) is 6.36. The highest BCUT2D eigenvalue weighted by atomic mass is 16.6. The summed E-state index contributed by atoms with van der Waals surface area (Å²) in [6.07, 6.45) is 4.29. The highest BCUT2D eigenvalue weighted by Crippen LogP contribution is 2.31. The number of allylic oxidation sites excluding steroid dienone is 1. The zero-order chi connectivity index (χ0) is 24.8. The van der Waals surface area contributed by atoms with Gasteiger partial charge >= 0.3 is 0 Å². The number of fused-ring (bicyclic) bond motifs is 1. The van der Waals surface area contributed by atoms with Crippen LogP contribution in [0.3, 0.4) is 0 Å². The molecule has 0 aromatic heterocycles. The Labute approximate surface area is 208 Å². The predicted molar refractivity (Wildman–Crippen MR) is 140 cm³/mol. The third kappa shape index (κ3) is 5.75. The molecular formula is C30H34N2O3. The van der Waals surface area contributed by atoms with Gasteiger partial charge in [-0.05, 0) is 55.5 Å². The Balaban J connectivity index is 1.59. The number of carbonyl (C=O) groups is 1. The van der Waals surface area contributed by atoms with Crippen molar-refractivity contribution in [2.75, 3.05) is 5.32 Å². The minimum absolute atomic E-state index is 0.0497. The van der Waals surface area contributed by atoms with Crippen LogP contribution in [0.1, 0.15) is 65.1 Å². The lowest BCUT2D eigenvalue weighted by Crippen LogP contribution is -2.48. The highest BCUT2D eigenvalue weighted by Gasteiger charge is 2.31. The summed E-state index contributed by atoms with van der Waals surface area (Å²) in [5.74, 6) is 0.658. The van der Waals surface area contributed by atoms with E-state index < -0.39 is 6.29 Å². The van der Waals surface area contributed by atoms with Gasteiger partial charge in [0.15, 0.2) is 0 Å². The molecule has 0 saturated carbocycles. The molecule has 1 aliphatic heterocycles. The fourth-order valence-electron chi connectivity index (χ4n) is 4.49. The number of carbonyl (C=O) groups excluding carboxylic acids is 1. The SMILES string of the molecule is C=CCc1cc(CN2C(=O)c3cc(C)ccc3NC2CCCC)ccc1OC(O)c1ccccc1. The van der Waals surface area contributed by atoms with E-state index in [1.165, 1.54) is 0 Å². The summed E-state index contributed by atoms with van der Waals surface area (Å²) in [5.41, 5.74) is 5.32. The molecule has 182 valence electrons. The first-order valence-electron chi connectivity index (χ1n) is 12.3. The average Bonchev–Trinajstić information content (AvgIpc) is 2.87. The van der Waals surface area contributed by atoms with Gasteiger partial charge in [-0.1, -0.05) is 73.5 Å². The van der Waals surface area contributed by atoms with Gasteiger partial charge in [0.25, 0.3) is 5.91 Å². The van der Waals surface area contributed by atoms with Gasteiger partial charge in [0.1, 0.15) is 11.9 Å². The van der Waals surface area contributed by atoms with E-state index in [-0.39, 0.29) is 12.1 Å². The first-order valence-corrected chi connectivity index (χ1v) is 12.3. The summed E-state index contributed by atoms with van der Waals surface area (Å²) in [5, 5.41) is 14.1. The van der Waals surface area contributed by atoms with Gasteiger partial charge in [0, 0.05) is 17.8 Å².